The van der Waals surface area contributed by atoms with Crippen molar-refractivity contribution in [3.8, 4) is 0 Å². The number of hydrogen-bond donors (Lipinski definition) is 0. The highest BCUT2D eigenvalue weighted by Gasteiger charge is 2.37. The van der Waals surface area contributed by atoms with E-state index >= 15 is 0 Å². The summed E-state index contributed by atoms with van der Waals surface area (Å²) >= 11 is 0. The Morgan fingerprint density at radius 3 is 2.24 bits per heavy atom. The molecule has 1 rings (SSSR count). The Labute approximate surface area is 106 Å². The molecule has 0 bridgehead atoms. The zero-order valence-corrected chi connectivity index (χ0v) is 12.5. The van der Waals surface area contributed by atoms with E-state index in [1.807, 2.05) is 13.8 Å². The Morgan fingerprint density at radius 2 is 1.82 bits per heavy atom. The molecule has 2 atom stereocenters. The summed E-state index contributed by atoms with van der Waals surface area (Å²) in [6, 6.07) is 1.88. The number of ether oxygens (including phenoxy) is 2. The number of rotatable bonds is 10. The van der Waals surface area contributed by atoms with Gasteiger partial charge in [0.2, 0.25) is 0 Å². The second-order valence-electron chi connectivity index (χ2n) is 4.43. The van der Waals surface area contributed by atoms with Crippen LogP contribution in [-0.4, -0.2) is 47.2 Å². The van der Waals surface area contributed by atoms with Gasteiger partial charge in [-0.2, -0.15) is 0 Å². The largest absolute Gasteiger partial charge is 0.394 e. The van der Waals surface area contributed by atoms with Crippen molar-refractivity contribution in [3.05, 3.63) is 0 Å². The van der Waals surface area contributed by atoms with Crippen LogP contribution in [0.4, 0.5) is 0 Å². The van der Waals surface area contributed by atoms with Crippen LogP contribution < -0.4 is 0 Å². The maximum atomic E-state index is 5.92. The lowest BCUT2D eigenvalue weighted by molar-refractivity contribution is 0.0552. The average Bonchev–Trinajstić information content (AvgIpc) is 3.11. The summed E-state index contributed by atoms with van der Waals surface area (Å²) < 4.78 is 22.7. The molecule has 0 saturated carbocycles. The standard InChI is InChI=1S/C12H26O4Si/c1-5-15-17(7-3,16-6-2)10-11(4)13-8-12-9-14-12/h11-12H,5-10H2,1-4H3. The minimum absolute atomic E-state index is 0.184. The summed E-state index contributed by atoms with van der Waals surface area (Å²) in [6.45, 7) is 11.3. The van der Waals surface area contributed by atoms with Crippen LogP contribution >= 0.6 is 0 Å². The van der Waals surface area contributed by atoms with E-state index in [0.29, 0.717) is 12.7 Å². The fraction of sp³-hybridized carbons (Fsp3) is 1.00. The highest BCUT2D eigenvalue weighted by molar-refractivity contribution is 6.67. The van der Waals surface area contributed by atoms with Gasteiger partial charge in [0.25, 0.3) is 0 Å². The molecule has 0 aromatic heterocycles. The van der Waals surface area contributed by atoms with E-state index in [4.69, 9.17) is 18.3 Å². The summed E-state index contributed by atoms with van der Waals surface area (Å²) in [6.07, 6.45) is 0.512. The Kier molecular flexibility index (Phi) is 6.65. The summed E-state index contributed by atoms with van der Waals surface area (Å²) in [7, 11) is -2.05. The zero-order valence-electron chi connectivity index (χ0n) is 11.5. The van der Waals surface area contributed by atoms with Gasteiger partial charge in [-0.1, -0.05) is 6.92 Å². The Bertz CT molecular complexity index is 203. The molecule has 0 aliphatic carbocycles. The highest BCUT2D eigenvalue weighted by atomic mass is 28.4. The Hall–Kier alpha value is 0.0569. The molecule has 1 heterocycles. The van der Waals surface area contributed by atoms with E-state index in [1.54, 1.807) is 0 Å². The van der Waals surface area contributed by atoms with E-state index in [9.17, 15) is 0 Å². The number of hydrogen-bond acceptors (Lipinski definition) is 4. The van der Waals surface area contributed by atoms with Crippen LogP contribution in [-0.2, 0) is 18.3 Å². The summed E-state index contributed by atoms with van der Waals surface area (Å²) in [5, 5.41) is 0. The van der Waals surface area contributed by atoms with Crippen molar-refractivity contribution in [1.82, 2.24) is 0 Å². The second-order valence-corrected chi connectivity index (χ2v) is 7.95. The molecule has 2 unspecified atom stereocenters. The van der Waals surface area contributed by atoms with Crippen molar-refractivity contribution in [2.75, 3.05) is 26.4 Å². The van der Waals surface area contributed by atoms with Gasteiger partial charge in [0.05, 0.1) is 19.3 Å². The lowest BCUT2D eigenvalue weighted by atomic mass is 10.4. The predicted molar refractivity (Wildman–Crippen MR) is 69.4 cm³/mol. The maximum absolute atomic E-state index is 5.92. The molecular weight excluding hydrogens is 236 g/mol. The lowest BCUT2D eigenvalue weighted by Gasteiger charge is -2.31. The zero-order chi connectivity index (χ0) is 12.7. The first kappa shape index (κ1) is 15.1. The van der Waals surface area contributed by atoms with Gasteiger partial charge in [0, 0.05) is 19.3 Å². The molecule has 0 amide bonds. The van der Waals surface area contributed by atoms with Crippen LogP contribution in [0.1, 0.15) is 27.7 Å². The summed E-state index contributed by atoms with van der Waals surface area (Å²) in [5.41, 5.74) is 0. The molecule has 0 radical (unpaired) electrons. The topological polar surface area (TPSA) is 40.2 Å². The van der Waals surface area contributed by atoms with Crippen molar-refractivity contribution in [2.45, 2.75) is 52.0 Å². The smallest absolute Gasteiger partial charge is 0.340 e. The molecule has 1 fully saturated rings. The van der Waals surface area contributed by atoms with Crippen molar-refractivity contribution in [2.24, 2.45) is 0 Å². The van der Waals surface area contributed by atoms with Crippen LogP contribution in [0, 0.1) is 0 Å². The molecular formula is C12H26O4Si. The third-order valence-corrected chi connectivity index (χ3v) is 6.82. The molecule has 102 valence electrons. The van der Waals surface area contributed by atoms with Gasteiger partial charge in [-0.05, 0) is 26.8 Å². The van der Waals surface area contributed by atoms with Gasteiger partial charge in [-0.3, -0.25) is 0 Å². The van der Waals surface area contributed by atoms with Gasteiger partial charge >= 0.3 is 8.56 Å². The third kappa shape index (κ3) is 5.48. The summed E-state index contributed by atoms with van der Waals surface area (Å²) in [4.78, 5) is 0. The molecule has 1 saturated heterocycles. The van der Waals surface area contributed by atoms with E-state index in [0.717, 1.165) is 31.9 Å². The van der Waals surface area contributed by atoms with Crippen LogP contribution in [0.15, 0.2) is 0 Å². The van der Waals surface area contributed by atoms with Gasteiger partial charge in [0.1, 0.15) is 6.10 Å². The fourth-order valence-corrected chi connectivity index (χ4v) is 5.03. The second kappa shape index (κ2) is 7.48. The summed E-state index contributed by atoms with van der Waals surface area (Å²) in [5.74, 6) is 0. The van der Waals surface area contributed by atoms with Crippen molar-refractivity contribution < 1.29 is 18.3 Å². The fourth-order valence-electron chi connectivity index (χ4n) is 1.97. The van der Waals surface area contributed by atoms with Crippen molar-refractivity contribution >= 4 is 8.56 Å². The molecule has 1 aliphatic heterocycles. The molecule has 0 aromatic carbocycles. The third-order valence-electron chi connectivity index (χ3n) is 2.92. The molecule has 0 N–H and O–H groups in total. The van der Waals surface area contributed by atoms with E-state index in [1.165, 1.54) is 0 Å². The normalized spacial score (nSPS) is 21.5. The average molecular weight is 262 g/mol. The predicted octanol–water partition coefficient (Wildman–Crippen LogP) is 2.33. The van der Waals surface area contributed by atoms with Gasteiger partial charge < -0.3 is 18.3 Å². The molecule has 5 heteroatoms. The van der Waals surface area contributed by atoms with Crippen LogP contribution in [0.25, 0.3) is 0 Å². The van der Waals surface area contributed by atoms with Crippen molar-refractivity contribution in [1.29, 1.82) is 0 Å². The molecule has 0 aromatic rings. The van der Waals surface area contributed by atoms with Gasteiger partial charge in [-0.25, -0.2) is 0 Å². The molecule has 4 nitrogen and oxygen atoms in total. The van der Waals surface area contributed by atoms with Crippen LogP contribution in [0.5, 0.6) is 0 Å². The minimum atomic E-state index is -2.05. The Balaban J connectivity index is 2.37. The monoisotopic (exact) mass is 262 g/mol. The minimum Gasteiger partial charge on any atom is -0.394 e. The van der Waals surface area contributed by atoms with E-state index in [-0.39, 0.29) is 6.10 Å². The molecule has 1 aliphatic rings. The van der Waals surface area contributed by atoms with Gasteiger partial charge in [-0.15, -0.1) is 0 Å². The first-order valence-corrected chi connectivity index (χ1v) is 8.90. The van der Waals surface area contributed by atoms with Crippen LogP contribution in [0.2, 0.25) is 12.1 Å². The lowest BCUT2D eigenvalue weighted by Crippen LogP contribution is -2.44. The Morgan fingerprint density at radius 1 is 1.24 bits per heavy atom. The first-order chi connectivity index (χ1) is 8.15. The van der Waals surface area contributed by atoms with E-state index in [2.05, 4.69) is 13.8 Å². The van der Waals surface area contributed by atoms with Crippen molar-refractivity contribution in [3.63, 3.8) is 0 Å². The van der Waals surface area contributed by atoms with E-state index < -0.39 is 8.56 Å². The van der Waals surface area contributed by atoms with Gasteiger partial charge in [0.15, 0.2) is 0 Å². The highest BCUT2D eigenvalue weighted by Crippen LogP contribution is 2.23. The quantitative estimate of drug-likeness (QED) is 0.447. The SMILES string of the molecule is CCO[Si](CC)(CC(C)OCC1CO1)OCC. The maximum Gasteiger partial charge on any atom is 0.340 e. The molecule has 0 spiro atoms. The molecule has 17 heavy (non-hydrogen) atoms. The number of epoxide rings is 1. The first-order valence-electron chi connectivity index (χ1n) is 6.66. The van der Waals surface area contributed by atoms with Crippen LogP contribution in [0.3, 0.4) is 0 Å².